The Morgan fingerprint density at radius 2 is 1.81 bits per heavy atom. The van der Waals surface area contributed by atoms with Gasteiger partial charge in [-0.05, 0) is 60.7 Å². The monoisotopic (exact) mass is 469 g/mol. The smallest absolute Gasteiger partial charge is 0.338 e. The molecule has 9 heteroatoms. The van der Waals surface area contributed by atoms with E-state index in [9.17, 15) is 9.59 Å². The van der Waals surface area contributed by atoms with Gasteiger partial charge in [-0.3, -0.25) is 4.79 Å². The molecule has 7 nitrogen and oxygen atoms in total. The summed E-state index contributed by atoms with van der Waals surface area (Å²) in [5.74, 6) is 0.231. The van der Waals surface area contributed by atoms with Crippen molar-refractivity contribution in [3.8, 4) is 17.1 Å². The second kappa shape index (κ2) is 9.30. The fourth-order valence-corrected chi connectivity index (χ4v) is 3.35. The molecule has 0 atom stereocenters. The molecule has 3 aromatic carbocycles. The van der Waals surface area contributed by atoms with Gasteiger partial charge in [-0.15, -0.1) is 0 Å². The predicted molar refractivity (Wildman–Crippen MR) is 123 cm³/mol. The number of rotatable bonds is 6. The molecule has 32 heavy (non-hydrogen) atoms. The number of fused-ring (bicyclic) bond motifs is 1. The first kappa shape index (κ1) is 21.7. The van der Waals surface area contributed by atoms with Crippen molar-refractivity contribution in [2.75, 3.05) is 19.0 Å². The van der Waals surface area contributed by atoms with Gasteiger partial charge in [0.15, 0.2) is 6.61 Å². The zero-order valence-corrected chi connectivity index (χ0v) is 18.3. The molecule has 162 valence electrons. The first-order valence-corrected chi connectivity index (χ1v) is 10.2. The number of carbonyl (C=O) groups excluding carboxylic acids is 2. The van der Waals surface area contributed by atoms with E-state index in [1.54, 1.807) is 37.4 Å². The van der Waals surface area contributed by atoms with Crippen molar-refractivity contribution in [3.05, 3.63) is 76.3 Å². The topological polar surface area (TPSA) is 93.3 Å². The van der Waals surface area contributed by atoms with E-state index in [4.69, 9.17) is 32.7 Å². The fraction of sp³-hybridized carbons (Fsp3) is 0.0870. The molecule has 4 rings (SSSR count). The standard InChI is InChI=1S/C23H17Cl2N3O4/c1-31-16-6-2-13(3-7-16)22-27-18-9-4-14(10-20(18)28-22)23(30)32-12-21(29)26-19-11-15(24)5-8-17(19)25/h2-11H,12H2,1H3,(H,26,29)(H,27,28). The highest BCUT2D eigenvalue weighted by atomic mass is 35.5. The van der Waals surface area contributed by atoms with Gasteiger partial charge in [0, 0.05) is 10.6 Å². The van der Waals surface area contributed by atoms with Gasteiger partial charge >= 0.3 is 5.97 Å². The van der Waals surface area contributed by atoms with Gasteiger partial charge in [0.2, 0.25) is 0 Å². The Labute approximate surface area is 193 Å². The average molecular weight is 470 g/mol. The number of H-pyrrole nitrogens is 1. The number of methoxy groups -OCH3 is 1. The van der Waals surface area contributed by atoms with Crippen LogP contribution in [0.1, 0.15) is 10.4 Å². The molecule has 0 saturated heterocycles. The summed E-state index contributed by atoms with van der Waals surface area (Å²) < 4.78 is 10.3. The maximum absolute atomic E-state index is 12.4. The van der Waals surface area contributed by atoms with Crippen molar-refractivity contribution in [2.45, 2.75) is 0 Å². The highest BCUT2D eigenvalue weighted by Crippen LogP contribution is 2.26. The number of hydrogen-bond acceptors (Lipinski definition) is 5. The predicted octanol–water partition coefficient (Wildman–Crippen LogP) is 5.34. The minimum absolute atomic E-state index is 0.288. The molecule has 0 aliphatic carbocycles. The average Bonchev–Trinajstić information content (AvgIpc) is 3.23. The van der Waals surface area contributed by atoms with E-state index >= 15 is 0 Å². The van der Waals surface area contributed by atoms with Crippen LogP contribution in [0.15, 0.2) is 60.7 Å². The Bertz CT molecular complexity index is 1300. The van der Waals surface area contributed by atoms with Crippen LogP contribution in [0, 0.1) is 0 Å². The maximum atomic E-state index is 12.4. The summed E-state index contributed by atoms with van der Waals surface area (Å²) in [4.78, 5) is 32.3. The number of aromatic amines is 1. The number of aromatic nitrogens is 2. The summed E-state index contributed by atoms with van der Waals surface area (Å²) in [5.41, 5.74) is 2.87. The molecule has 4 aromatic rings. The first-order chi connectivity index (χ1) is 15.4. The van der Waals surface area contributed by atoms with Crippen LogP contribution in [0.3, 0.4) is 0 Å². The lowest BCUT2D eigenvalue weighted by Crippen LogP contribution is -2.21. The van der Waals surface area contributed by atoms with E-state index < -0.39 is 18.5 Å². The Balaban J connectivity index is 1.43. The van der Waals surface area contributed by atoms with E-state index in [1.165, 1.54) is 6.07 Å². The second-order valence-electron chi connectivity index (χ2n) is 6.79. The Hall–Kier alpha value is -3.55. The highest BCUT2D eigenvalue weighted by molar-refractivity contribution is 6.35. The maximum Gasteiger partial charge on any atom is 0.338 e. The lowest BCUT2D eigenvalue weighted by Gasteiger charge is -2.08. The van der Waals surface area contributed by atoms with Crippen LogP contribution in [0.25, 0.3) is 22.4 Å². The van der Waals surface area contributed by atoms with Crippen LogP contribution in [0.5, 0.6) is 5.75 Å². The van der Waals surface area contributed by atoms with Crippen LogP contribution < -0.4 is 10.1 Å². The van der Waals surface area contributed by atoms with Crippen molar-refractivity contribution in [2.24, 2.45) is 0 Å². The molecule has 0 radical (unpaired) electrons. The molecule has 0 bridgehead atoms. The van der Waals surface area contributed by atoms with E-state index in [1.807, 2.05) is 24.3 Å². The summed E-state index contributed by atoms with van der Waals surface area (Å²) in [6, 6.07) is 17.1. The van der Waals surface area contributed by atoms with Gasteiger partial charge in [-0.2, -0.15) is 0 Å². The van der Waals surface area contributed by atoms with Crippen molar-refractivity contribution in [1.29, 1.82) is 0 Å². The van der Waals surface area contributed by atoms with Crippen molar-refractivity contribution in [1.82, 2.24) is 9.97 Å². The van der Waals surface area contributed by atoms with Gasteiger partial charge in [0.1, 0.15) is 11.6 Å². The molecule has 1 amide bonds. The van der Waals surface area contributed by atoms with Gasteiger partial charge in [-0.25, -0.2) is 9.78 Å². The SMILES string of the molecule is COc1ccc(-c2nc3ccc(C(=O)OCC(=O)Nc4cc(Cl)ccc4Cl)cc3[nH]2)cc1. The van der Waals surface area contributed by atoms with Gasteiger partial charge < -0.3 is 19.8 Å². The third-order valence-electron chi connectivity index (χ3n) is 4.62. The van der Waals surface area contributed by atoms with Crippen LogP contribution in [-0.2, 0) is 9.53 Å². The number of imidazole rings is 1. The number of halogens is 2. The number of esters is 1. The van der Waals surface area contributed by atoms with Crippen molar-refractivity contribution >= 4 is 51.8 Å². The summed E-state index contributed by atoms with van der Waals surface area (Å²) >= 11 is 11.9. The zero-order chi connectivity index (χ0) is 22.7. The van der Waals surface area contributed by atoms with Crippen molar-refractivity contribution < 1.29 is 19.1 Å². The van der Waals surface area contributed by atoms with Crippen LogP contribution in [0.2, 0.25) is 10.0 Å². The first-order valence-electron chi connectivity index (χ1n) is 9.49. The number of nitrogens with zero attached hydrogens (tertiary/aromatic N) is 1. The summed E-state index contributed by atoms with van der Waals surface area (Å²) in [6.07, 6.45) is 0. The second-order valence-corrected chi connectivity index (χ2v) is 7.64. The molecule has 0 fully saturated rings. The third-order valence-corrected chi connectivity index (χ3v) is 5.18. The van der Waals surface area contributed by atoms with Crippen molar-refractivity contribution in [3.63, 3.8) is 0 Å². The highest BCUT2D eigenvalue weighted by Gasteiger charge is 2.14. The number of nitrogens with one attached hydrogen (secondary N) is 2. The lowest BCUT2D eigenvalue weighted by molar-refractivity contribution is -0.119. The third kappa shape index (κ3) is 4.85. The Kier molecular flexibility index (Phi) is 6.30. The molecule has 0 saturated carbocycles. The van der Waals surface area contributed by atoms with Gasteiger partial charge in [-0.1, -0.05) is 23.2 Å². The largest absolute Gasteiger partial charge is 0.497 e. The fourth-order valence-electron chi connectivity index (χ4n) is 3.02. The summed E-state index contributed by atoms with van der Waals surface area (Å²) in [7, 11) is 1.60. The minimum atomic E-state index is -0.639. The molecule has 1 aromatic heterocycles. The molecular weight excluding hydrogens is 453 g/mol. The summed E-state index contributed by atoms with van der Waals surface area (Å²) in [6.45, 7) is -0.472. The minimum Gasteiger partial charge on any atom is -0.497 e. The molecule has 0 aliphatic heterocycles. The van der Waals surface area contributed by atoms with Crippen LogP contribution in [-0.4, -0.2) is 35.6 Å². The summed E-state index contributed by atoms with van der Waals surface area (Å²) in [5, 5.41) is 3.30. The number of benzene rings is 3. The molecule has 1 heterocycles. The van der Waals surface area contributed by atoms with E-state index in [0.717, 1.165) is 11.3 Å². The van der Waals surface area contributed by atoms with Crippen LogP contribution in [0.4, 0.5) is 5.69 Å². The van der Waals surface area contributed by atoms with Gasteiger partial charge in [0.25, 0.3) is 5.91 Å². The molecular formula is C23H17Cl2N3O4. The number of anilines is 1. The number of hydrogen-bond donors (Lipinski definition) is 2. The van der Waals surface area contributed by atoms with E-state index in [2.05, 4.69) is 15.3 Å². The number of ether oxygens (including phenoxy) is 2. The number of amides is 1. The zero-order valence-electron chi connectivity index (χ0n) is 16.8. The normalized spacial score (nSPS) is 10.7. The molecule has 0 aliphatic rings. The van der Waals surface area contributed by atoms with Gasteiger partial charge in [0.05, 0.1) is 34.4 Å². The molecule has 2 N–H and O–H groups in total. The van der Waals surface area contributed by atoms with E-state index in [-0.39, 0.29) is 5.56 Å². The molecule has 0 unspecified atom stereocenters. The Morgan fingerprint density at radius 3 is 2.56 bits per heavy atom. The van der Waals surface area contributed by atoms with Crippen LogP contribution >= 0.6 is 23.2 Å². The quantitative estimate of drug-likeness (QED) is 0.371. The molecule has 0 spiro atoms. The lowest BCUT2D eigenvalue weighted by atomic mass is 10.2. The van der Waals surface area contributed by atoms with E-state index in [0.29, 0.717) is 32.6 Å². The number of carbonyl (C=O) groups is 2. The Morgan fingerprint density at radius 1 is 1.03 bits per heavy atom.